The Balaban J connectivity index is 1.63. The highest BCUT2D eigenvalue weighted by Crippen LogP contribution is 2.38. The number of thiazole rings is 1. The predicted octanol–water partition coefficient (Wildman–Crippen LogP) is 6.92. The number of nitrogens with zero attached hydrogens (tertiary/aromatic N) is 3. The van der Waals surface area contributed by atoms with Crippen molar-refractivity contribution in [2.45, 2.75) is 0 Å². The summed E-state index contributed by atoms with van der Waals surface area (Å²) < 4.78 is 18.2. The highest BCUT2D eigenvalue weighted by molar-refractivity contribution is 9.10. The summed E-state index contributed by atoms with van der Waals surface area (Å²) in [7, 11) is 4.64. The lowest BCUT2D eigenvalue weighted by molar-refractivity contribution is 0.0989. The zero-order chi connectivity index (χ0) is 25.9. The molecule has 0 bridgehead atoms. The van der Waals surface area contributed by atoms with Gasteiger partial charge < -0.3 is 14.2 Å². The van der Waals surface area contributed by atoms with Crippen LogP contribution in [0.25, 0.3) is 21.0 Å². The Labute approximate surface area is 226 Å². The number of hydrogen-bond donors (Lipinski definition) is 0. The molecule has 0 aliphatic carbocycles. The molecule has 0 aliphatic rings. The molecule has 0 saturated carbocycles. The van der Waals surface area contributed by atoms with Crippen molar-refractivity contribution in [2.75, 3.05) is 26.3 Å². The molecule has 0 unspecified atom stereocenters. The molecule has 5 rings (SSSR count). The summed E-state index contributed by atoms with van der Waals surface area (Å²) in [4.78, 5) is 18.7. The Kier molecular flexibility index (Phi) is 7.07. The maximum absolute atomic E-state index is 14.0. The number of methoxy groups -OCH3 is 3. The molecule has 7 nitrogen and oxygen atoms in total. The number of amides is 1. The van der Waals surface area contributed by atoms with Crippen LogP contribution in [0.5, 0.6) is 17.2 Å². The molecule has 1 aromatic heterocycles. The summed E-state index contributed by atoms with van der Waals surface area (Å²) in [6.07, 6.45) is 1.58. The first-order valence-electron chi connectivity index (χ1n) is 11.2. The van der Waals surface area contributed by atoms with E-state index in [4.69, 9.17) is 19.2 Å². The zero-order valence-corrected chi connectivity index (χ0v) is 22.7. The smallest absolute Gasteiger partial charge is 0.281 e. The fourth-order valence-corrected chi connectivity index (χ4v) is 5.47. The molecule has 0 atom stereocenters. The number of fused-ring (bicyclic) bond motifs is 2. The molecule has 0 spiro atoms. The number of ether oxygens (including phenoxy) is 3. The third-order valence-corrected chi connectivity index (χ3v) is 7.23. The van der Waals surface area contributed by atoms with Gasteiger partial charge in [0.1, 0.15) is 0 Å². The molecule has 0 aliphatic heterocycles. The largest absolute Gasteiger partial charge is 0.493 e. The third-order valence-electron chi connectivity index (χ3n) is 5.74. The molecule has 37 heavy (non-hydrogen) atoms. The summed E-state index contributed by atoms with van der Waals surface area (Å²) >= 11 is 4.89. The molecule has 0 radical (unpaired) electrons. The summed E-state index contributed by atoms with van der Waals surface area (Å²) in [6.45, 7) is 0. The minimum absolute atomic E-state index is 0.293. The minimum Gasteiger partial charge on any atom is -0.493 e. The standard InChI is InChI=1S/C28H22BrN3O4S/c1-34-23-13-17(14-24(35-2)26(23)36-3)16-30-32(28-31-22-12-11-19(29)15-25(22)37-28)27(33)21-10-6-8-18-7-4-5-9-20(18)21/h4-16H,1-3H3/b30-16+. The summed E-state index contributed by atoms with van der Waals surface area (Å²) in [5.41, 5.74) is 1.97. The molecule has 0 saturated heterocycles. The number of halogens is 1. The third kappa shape index (κ3) is 4.87. The molecule has 9 heteroatoms. The molecule has 4 aromatic carbocycles. The molecule has 5 aromatic rings. The highest BCUT2D eigenvalue weighted by atomic mass is 79.9. The van der Waals surface area contributed by atoms with E-state index in [1.54, 1.807) is 45.7 Å². The predicted molar refractivity (Wildman–Crippen MR) is 152 cm³/mol. The van der Waals surface area contributed by atoms with Crippen molar-refractivity contribution in [1.82, 2.24) is 4.98 Å². The van der Waals surface area contributed by atoms with Crippen LogP contribution in [0.15, 0.2) is 82.4 Å². The van der Waals surface area contributed by atoms with Crippen LogP contribution < -0.4 is 19.2 Å². The number of hydrogen-bond acceptors (Lipinski definition) is 7. The monoisotopic (exact) mass is 575 g/mol. The lowest BCUT2D eigenvalue weighted by Gasteiger charge is -2.16. The van der Waals surface area contributed by atoms with E-state index in [-0.39, 0.29) is 5.91 Å². The van der Waals surface area contributed by atoms with Crippen LogP contribution in [0, 0.1) is 0 Å². The first kappa shape index (κ1) is 24.7. The first-order chi connectivity index (χ1) is 18.0. The molecule has 1 heterocycles. The SMILES string of the molecule is COc1cc(/C=N/N(C(=O)c2cccc3ccccc23)c2nc3ccc(Br)cc3s2)cc(OC)c1OC. The molecule has 1 amide bonds. The summed E-state index contributed by atoms with van der Waals surface area (Å²) in [5, 5.41) is 8.21. The van der Waals surface area contributed by atoms with Crippen molar-refractivity contribution in [3.8, 4) is 17.2 Å². The van der Waals surface area contributed by atoms with Gasteiger partial charge in [0.05, 0.1) is 37.8 Å². The average molecular weight is 576 g/mol. The van der Waals surface area contributed by atoms with Crippen LogP contribution in [-0.4, -0.2) is 38.4 Å². The number of carbonyl (C=O) groups is 1. The first-order valence-corrected chi connectivity index (χ1v) is 12.9. The molecule has 0 fully saturated rings. The van der Waals surface area contributed by atoms with Crippen molar-refractivity contribution < 1.29 is 19.0 Å². The van der Waals surface area contributed by atoms with Gasteiger partial charge in [0.15, 0.2) is 11.5 Å². The van der Waals surface area contributed by atoms with Gasteiger partial charge in [0, 0.05) is 15.6 Å². The summed E-state index contributed by atoms with van der Waals surface area (Å²) in [5.74, 6) is 1.15. The van der Waals surface area contributed by atoms with Gasteiger partial charge in [-0.1, -0.05) is 63.7 Å². The van der Waals surface area contributed by atoms with Crippen LogP contribution in [0.3, 0.4) is 0 Å². The number of hydrazone groups is 1. The van der Waals surface area contributed by atoms with E-state index in [1.807, 2.05) is 54.6 Å². The second-order valence-corrected chi connectivity index (χ2v) is 9.88. The van der Waals surface area contributed by atoms with E-state index in [0.29, 0.717) is 33.5 Å². The normalized spacial score (nSPS) is 11.2. The number of rotatable bonds is 7. The van der Waals surface area contributed by atoms with Crippen molar-refractivity contribution in [3.05, 3.63) is 88.4 Å². The van der Waals surface area contributed by atoms with E-state index in [0.717, 1.165) is 25.5 Å². The Morgan fingerprint density at radius 3 is 2.41 bits per heavy atom. The van der Waals surface area contributed by atoms with Crippen molar-refractivity contribution in [2.24, 2.45) is 5.10 Å². The van der Waals surface area contributed by atoms with E-state index >= 15 is 0 Å². The Morgan fingerprint density at radius 1 is 0.946 bits per heavy atom. The highest BCUT2D eigenvalue weighted by Gasteiger charge is 2.23. The second kappa shape index (κ2) is 10.6. The van der Waals surface area contributed by atoms with Crippen molar-refractivity contribution >= 4 is 65.5 Å². The van der Waals surface area contributed by atoms with E-state index < -0.39 is 0 Å². The van der Waals surface area contributed by atoms with Crippen molar-refractivity contribution in [3.63, 3.8) is 0 Å². The molecular weight excluding hydrogens is 554 g/mol. The van der Waals surface area contributed by atoms with Gasteiger partial charge in [-0.3, -0.25) is 4.79 Å². The zero-order valence-electron chi connectivity index (χ0n) is 20.3. The minimum atomic E-state index is -0.293. The van der Waals surface area contributed by atoms with Gasteiger partial charge in [-0.2, -0.15) is 10.1 Å². The summed E-state index contributed by atoms with van der Waals surface area (Å²) in [6, 6.07) is 22.7. The quantitative estimate of drug-likeness (QED) is 0.155. The van der Waals surface area contributed by atoms with Crippen molar-refractivity contribution in [1.29, 1.82) is 0 Å². The lowest BCUT2D eigenvalue weighted by Crippen LogP contribution is -2.25. The van der Waals surface area contributed by atoms with E-state index in [2.05, 4.69) is 21.0 Å². The maximum atomic E-state index is 14.0. The fourth-order valence-electron chi connectivity index (χ4n) is 3.99. The number of benzene rings is 4. The number of aromatic nitrogens is 1. The van der Waals surface area contributed by atoms with E-state index in [1.165, 1.54) is 16.3 Å². The lowest BCUT2D eigenvalue weighted by atomic mass is 10.0. The van der Waals surface area contributed by atoms with Crippen LogP contribution in [-0.2, 0) is 0 Å². The van der Waals surface area contributed by atoms with Gasteiger partial charge >= 0.3 is 0 Å². The second-order valence-electron chi connectivity index (χ2n) is 7.96. The van der Waals surface area contributed by atoms with Gasteiger partial charge in [-0.15, -0.1) is 0 Å². The number of carbonyl (C=O) groups excluding carboxylic acids is 1. The van der Waals surface area contributed by atoms with Crippen LogP contribution in [0.1, 0.15) is 15.9 Å². The topological polar surface area (TPSA) is 73.2 Å². The Hall–Kier alpha value is -3.95. The van der Waals surface area contributed by atoms with Gasteiger partial charge in [-0.25, -0.2) is 4.98 Å². The maximum Gasteiger partial charge on any atom is 0.281 e. The van der Waals surface area contributed by atoms with Gasteiger partial charge in [0.25, 0.3) is 5.91 Å². The fraction of sp³-hybridized carbons (Fsp3) is 0.107. The number of anilines is 1. The van der Waals surface area contributed by atoms with Crippen LogP contribution in [0.2, 0.25) is 0 Å². The van der Waals surface area contributed by atoms with Crippen LogP contribution in [0.4, 0.5) is 5.13 Å². The average Bonchev–Trinajstić information content (AvgIpc) is 3.34. The van der Waals surface area contributed by atoms with Crippen LogP contribution >= 0.6 is 27.3 Å². The van der Waals surface area contributed by atoms with Gasteiger partial charge in [-0.05, 0) is 47.2 Å². The molecule has 186 valence electrons. The van der Waals surface area contributed by atoms with Gasteiger partial charge in [0.2, 0.25) is 10.9 Å². The molecule has 0 N–H and O–H groups in total. The Morgan fingerprint density at radius 2 is 1.68 bits per heavy atom. The molecular formula is C28H22BrN3O4S. The Bertz CT molecular complexity index is 1620. The van der Waals surface area contributed by atoms with E-state index in [9.17, 15) is 4.79 Å².